The molecule has 2 aromatic rings. The first-order valence-electron chi connectivity index (χ1n) is 7.97. The van der Waals surface area contributed by atoms with E-state index in [1.807, 2.05) is 42.5 Å². The Bertz CT molecular complexity index is 589. The summed E-state index contributed by atoms with van der Waals surface area (Å²) in [6, 6.07) is 18.6. The van der Waals surface area contributed by atoms with Crippen molar-refractivity contribution in [2.75, 3.05) is 19.8 Å². The third-order valence-electron chi connectivity index (χ3n) is 3.91. The second kappa shape index (κ2) is 7.97. The maximum Gasteiger partial charge on any atom is 0.122 e. The molecule has 122 valence electrons. The minimum atomic E-state index is 0.305. The van der Waals surface area contributed by atoms with Crippen LogP contribution in [0.1, 0.15) is 18.0 Å². The van der Waals surface area contributed by atoms with E-state index in [2.05, 4.69) is 23.0 Å². The average Bonchev–Trinajstić information content (AvgIpc) is 3.09. The summed E-state index contributed by atoms with van der Waals surface area (Å²) < 4.78 is 11.3. The number of ether oxygens (including phenoxy) is 2. The third kappa shape index (κ3) is 4.45. The van der Waals surface area contributed by atoms with Gasteiger partial charge in [-0.25, -0.2) is 5.43 Å². The van der Waals surface area contributed by atoms with E-state index in [0.29, 0.717) is 31.8 Å². The molecule has 2 atom stereocenters. The molecule has 1 aliphatic rings. The van der Waals surface area contributed by atoms with E-state index in [0.717, 1.165) is 17.9 Å². The zero-order chi connectivity index (χ0) is 15.9. The average molecular weight is 313 g/mol. The van der Waals surface area contributed by atoms with Crippen LogP contribution in [-0.2, 0) is 0 Å². The number of nitrogens with one attached hydrogen (secondary N) is 2. The molecule has 0 saturated carbocycles. The standard InChI is InChI=1S/C18H23N3O2/c19-13-15-12-18(21-20-15)14-6-8-17(9-7-14)23-11-10-22-16-4-2-1-3-5-16/h1-9,15,18,20-21H,10-13,19H2. The summed E-state index contributed by atoms with van der Waals surface area (Å²) >= 11 is 0. The van der Waals surface area contributed by atoms with Crippen molar-refractivity contribution in [3.63, 3.8) is 0 Å². The topological polar surface area (TPSA) is 68.5 Å². The Hall–Kier alpha value is -2.08. The van der Waals surface area contributed by atoms with Gasteiger partial charge in [0.25, 0.3) is 0 Å². The number of hydrazine groups is 1. The maximum absolute atomic E-state index is 5.71. The number of para-hydroxylation sites is 1. The maximum atomic E-state index is 5.71. The van der Waals surface area contributed by atoms with Crippen LogP contribution in [0.3, 0.4) is 0 Å². The lowest BCUT2D eigenvalue weighted by Crippen LogP contribution is -2.35. The van der Waals surface area contributed by atoms with Crippen LogP contribution in [0.15, 0.2) is 54.6 Å². The molecule has 0 aromatic heterocycles. The van der Waals surface area contributed by atoms with Crippen molar-refractivity contribution in [2.45, 2.75) is 18.5 Å². The summed E-state index contributed by atoms with van der Waals surface area (Å²) in [6.45, 7) is 1.69. The summed E-state index contributed by atoms with van der Waals surface area (Å²) in [6.07, 6.45) is 1.00. The molecular weight excluding hydrogens is 290 g/mol. The molecule has 0 amide bonds. The van der Waals surface area contributed by atoms with Crippen LogP contribution in [0, 0.1) is 0 Å². The molecule has 4 N–H and O–H groups in total. The second-order valence-electron chi connectivity index (χ2n) is 5.59. The molecule has 0 aliphatic carbocycles. The smallest absolute Gasteiger partial charge is 0.122 e. The molecule has 0 spiro atoms. The first-order chi connectivity index (χ1) is 11.3. The highest BCUT2D eigenvalue weighted by molar-refractivity contribution is 5.29. The fraction of sp³-hybridized carbons (Fsp3) is 0.333. The van der Waals surface area contributed by atoms with Crippen molar-refractivity contribution in [3.05, 3.63) is 60.2 Å². The Morgan fingerprint density at radius 3 is 2.13 bits per heavy atom. The lowest BCUT2D eigenvalue weighted by molar-refractivity contribution is 0.217. The van der Waals surface area contributed by atoms with Crippen molar-refractivity contribution >= 4 is 0 Å². The van der Waals surface area contributed by atoms with E-state index >= 15 is 0 Å². The van der Waals surface area contributed by atoms with Gasteiger partial charge >= 0.3 is 0 Å². The highest BCUT2D eigenvalue weighted by Gasteiger charge is 2.23. The summed E-state index contributed by atoms with van der Waals surface area (Å²) in [5.41, 5.74) is 13.4. The summed E-state index contributed by atoms with van der Waals surface area (Å²) in [4.78, 5) is 0. The number of nitrogens with two attached hydrogens (primary N) is 1. The molecule has 0 radical (unpaired) electrons. The minimum Gasteiger partial charge on any atom is -0.490 e. The Morgan fingerprint density at radius 2 is 1.52 bits per heavy atom. The molecule has 5 heteroatoms. The van der Waals surface area contributed by atoms with E-state index in [-0.39, 0.29) is 0 Å². The molecule has 23 heavy (non-hydrogen) atoms. The van der Waals surface area contributed by atoms with Crippen LogP contribution in [0.5, 0.6) is 11.5 Å². The lowest BCUT2D eigenvalue weighted by atomic mass is 10.0. The highest BCUT2D eigenvalue weighted by Crippen LogP contribution is 2.23. The van der Waals surface area contributed by atoms with Gasteiger partial charge in [-0.15, -0.1) is 0 Å². The molecule has 2 aromatic carbocycles. The molecule has 1 heterocycles. The van der Waals surface area contributed by atoms with Crippen LogP contribution in [0.4, 0.5) is 0 Å². The van der Waals surface area contributed by atoms with Gasteiger partial charge in [-0.05, 0) is 36.2 Å². The molecule has 2 unspecified atom stereocenters. The Kier molecular flexibility index (Phi) is 5.47. The van der Waals surface area contributed by atoms with E-state index in [9.17, 15) is 0 Å². The molecule has 1 aliphatic heterocycles. The molecule has 3 rings (SSSR count). The Balaban J connectivity index is 1.43. The largest absolute Gasteiger partial charge is 0.490 e. The molecule has 1 fully saturated rings. The summed E-state index contributed by atoms with van der Waals surface area (Å²) in [5.74, 6) is 1.72. The Morgan fingerprint density at radius 1 is 0.870 bits per heavy atom. The van der Waals surface area contributed by atoms with Gasteiger partial charge in [0.2, 0.25) is 0 Å². The molecule has 0 bridgehead atoms. The van der Waals surface area contributed by atoms with Crippen LogP contribution in [0.25, 0.3) is 0 Å². The minimum absolute atomic E-state index is 0.305. The predicted octanol–water partition coefficient (Wildman–Crippen LogP) is 2.01. The van der Waals surface area contributed by atoms with Crippen LogP contribution in [-0.4, -0.2) is 25.8 Å². The van der Waals surface area contributed by atoms with Gasteiger partial charge in [0.1, 0.15) is 24.7 Å². The van der Waals surface area contributed by atoms with Crippen LogP contribution >= 0.6 is 0 Å². The van der Waals surface area contributed by atoms with E-state index < -0.39 is 0 Å². The molecule has 5 nitrogen and oxygen atoms in total. The van der Waals surface area contributed by atoms with Crippen LogP contribution in [0.2, 0.25) is 0 Å². The van der Waals surface area contributed by atoms with Crippen molar-refractivity contribution in [2.24, 2.45) is 5.73 Å². The molecular formula is C18H23N3O2. The monoisotopic (exact) mass is 313 g/mol. The molecule has 1 saturated heterocycles. The van der Waals surface area contributed by atoms with Gasteiger partial charge in [0.05, 0.1) is 0 Å². The zero-order valence-electron chi connectivity index (χ0n) is 13.1. The first-order valence-corrected chi connectivity index (χ1v) is 7.97. The van der Waals surface area contributed by atoms with Gasteiger partial charge < -0.3 is 15.2 Å². The first kappa shape index (κ1) is 15.8. The van der Waals surface area contributed by atoms with Gasteiger partial charge in [-0.2, -0.15) is 0 Å². The van der Waals surface area contributed by atoms with Crippen molar-refractivity contribution < 1.29 is 9.47 Å². The van der Waals surface area contributed by atoms with Crippen molar-refractivity contribution in [3.8, 4) is 11.5 Å². The van der Waals surface area contributed by atoms with Gasteiger partial charge in [0.15, 0.2) is 0 Å². The van der Waals surface area contributed by atoms with E-state index in [1.165, 1.54) is 5.56 Å². The summed E-state index contributed by atoms with van der Waals surface area (Å²) in [5, 5.41) is 0. The fourth-order valence-corrected chi connectivity index (χ4v) is 2.63. The normalized spacial score (nSPS) is 20.4. The number of benzene rings is 2. The van der Waals surface area contributed by atoms with Crippen LogP contribution < -0.4 is 26.1 Å². The fourth-order valence-electron chi connectivity index (χ4n) is 2.63. The van der Waals surface area contributed by atoms with E-state index in [4.69, 9.17) is 15.2 Å². The van der Waals surface area contributed by atoms with Gasteiger partial charge in [-0.3, -0.25) is 5.43 Å². The quantitative estimate of drug-likeness (QED) is 0.682. The summed E-state index contributed by atoms with van der Waals surface area (Å²) in [7, 11) is 0. The predicted molar refractivity (Wildman–Crippen MR) is 90.3 cm³/mol. The third-order valence-corrected chi connectivity index (χ3v) is 3.91. The zero-order valence-corrected chi connectivity index (χ0v) is 13.1. The number of hydrogen-bond acceptors (Lipinski definition) is 5. The van der Waals surface area contributed by atoms with Gasteiger partial charge in [0, 0.05) is 18.6 Å². The van der Waals surface area contributed by atoms with E-state index in [1.54, 1.807) is 0 Å². The Labute approximate surface area is 136 Å². The second-order valence-corrected chi connectivity index (χ2v) is 5.59. The number of rotatable bonds is 7. The SMILES string of the molecule is NCC1CC(c2ccc(OCCOc3ccccc3)cc2)NN1. The lowest BCUT2D eigenvalue weighted by Gasteiger charge is -2.12. The number of hydrogen-bond donors (Lipinski definition) is 3. The van der Waals surface area contributed by atoms with Crippen molar-refractivity contribution in [1.82, 2.24) is 10.9 Å². The van der Waals surface area contributed by atoms with Crippen molar-refractivity contribution in [1.29, 1.82) is 0 Å². The van der Waals surface area contributed by atoms with Gasteiger partial charge in [-0.1, -0.05) is 30.3 Å². The highest BCUT2D eigenvalue weighted by atomic mass is 16.5.